The largest absolute Gasteiger partial charge is 0.368 e. The third kappa shape index (κ3) is 4.85. The van der Waals surface area contributed by atoms with Gasteiger partial charge in [0, 0.05) is 44.5 Å². The van der Waals surface area contributed by atoms with E-state index in [0.717, 1.165) is 18.7 Å². The van der Waals surface area contributed by atoms with Crippen LogP contribution >= 0.6 is 24.0 Å². The standard InChI is InChI=1S/C29H27N5O2S2/c1-20-23(17-25-28(36)34(29(37)38-25)19-21-9-5-3-6-10-21)26(31(2)27(35)24(20)18-30)33-15-13-32(14-16-33)22-11-7-4-8-12-22/h3-12,17H,13-16,19H2,1-2H3/b25-17-. The third-order valence-electron chi connectivity index (χ3n) is 7.00. The number of anilines is 2. The highest BCUT2D eigenvalue weighted by Crippen LogP contribution is 2.36. The molecule has 0 atom stereocenters. The lowest BCUT2D eigenvalue weighted by Crippen LogP contribution is -2.48. The van der Waals surface area contributed by atoms with Crippen LogP contribution in [0.1, 0.15) is 22.3 Å². The molecule has 2 saturated heterocycles. The van der Waals surface area contributed by atoms with Crippen molar-refractivity contribution < 1.29 is 4.79 Å². The summed E-state index contributed by atoms with van der Waals surface area (Å²) >= 11 is 6.81. The summed E-state index contributed by atoms with van der Waals surface area (Å²) in [6.45, 7) is 5.14. The van der Waals surface area contributed by atoms with Crippen LogP contribution in [0.25, 0.3) is 6.08 Å². The molecule has 38 heavy (non-hydrogen) atoms. The second-order valence-electron chi connectivity index (χ2n) is 9.28. The van der Waals surface area contributed by atoms with Gasteiger partial charge in [-0.25, -0.2) is 0 Å². The number of aromatic nitrogens is 1. The van der Waals surface area contributed by atoms with Gasteiger partial charge < -0.3 is 9.80 Å². The molecule has 0 aliphatic carbocycles. The Morgan fingerprint density at radius 3 is 2.21 bits per heavy atom. The SMILES string of the molecule is Cc1c(/C=C2\SC(=S)N(Cc3ccccc3)C2=O)c(N2CCN(c3ccccc3)CC2)n(C)c(=O)c1C#N. The van der Waals surface area contributed by atoms with Crippen LogP contribution < -0.4 is 15.4 Å². The topological polar surface area (TPSA) is 72.6 Å². The third-order valence-corrected chi connectivity index (χ3v) is 8.38. The molecule has 3 aromatic rings. The van der Waals surface area contributed by atoms with Crippen molar-refractivity contribution in [2.45, 2.75) is 13.5 Å². The van der Waals surface area contributed by atoms with E-state index in [4.69, 9.17) is 12.2 Å². The molecule has 2 aliphatic rings. The van der Waals surface area contributed by atoms with Crippen LogP contribution in [0.5, 0.6) is 0 Å². The van der Waals surface area contributed by atoms with E-state index in [1.807, 2.05) is 48.5 Å². The lowest BCUT2D eigenvalue weighted by Gasteiger charge is -2.38. The van der Waals surface area contributed by atoms with E-state index in [0.29, 0.717) is 45.8 Å². The summed E-state index contributed by atoms with van der Waals surface area (Å²) in [6, 6.07) is 22.1. The molecule has 0 unspecified atom stereocenters. The number of piperazine rings is 1. The van der Waals surface area contributed by atoms with Crippen LogP contribution in [0.15, 0.2) is 70.4 Å². The van der Waals surface area contributed by atoms with Gasteiger partial charge in [0.25, 0.3) is 11.5 Å². The van der Waals surface area contributed by atoms with Crippen LogP contribution in [0.3, 0.4) is 0 Å². The molecule has 5 rings (SSSR count). The van der Waals surface area contributed by atoms with Crippen LogP contribution in [0.4, 0.5) is 11.5 Å². The van der Waals surface area contributed by atoms with Gasteiger partial charge in [-0.1, -0.05) is 72.5 Å². The van der Waals surface area contributed by atoms with Crippen molar-refractivity contribution in [1.29, 1.82) is 5.26 Å². The number of para-hydroxylation sites is 1. The maximum Gasteiger partial charge on any atom is 0.270 e. The van der Waals surface area contributed by atoms with E-state index in [-0.39, 0.29) is 17.0 Å². The number of pyridine rings is 1. The van der Waals surface area contributed by atoms with Crippen LogP contribution in [-0.4, -0.2) is 45.9 Å². The van der Waals surface area contributed by atoms with Gasteiger partial charge >= 0.3 is 0 Å². The fourth-order valence-electron chi connectivity index (χ4n) is 4.94. The Kier molecular flexibility index (Phi) is 7.36. The summed E-state index contributed by atoms with van der Waals surface area (Å²) in [6.07, 6.45) is 1.80. The van der Waals surface area contributed by atoms with Crippen molar-refractivity contribution in [3.05, 3.63) is 98.2 Å². The molecule has 0 bridgehead atoms. The van der Waals surface area contributed by atoms with Gasteiger partial charge in [-0.15, -0.1) is 0 Å². The van der Waals surface area contributed by atoms with E-state index >= 15 is 0 Å². The van der Waals surface area contributed by atoms with Gasteiger partial charge in [0.05, 0.1) is 11.4 Å². The number of thioether (sulfide) groups is 1. The molecule has 7 nitrogen and oxygen atoms in total. The highest BCUT2D eigenvalue weighted by molar-refractivity contribution is 8.26. The van der Waals surface area contributed by atoms with Gasteiger partial charge in [0.15, 0.2) is 0 Å². The summed E-state index contributed by atoms with van der Waals surface area (Å²) in [7, 11) is 1.69. The molecule has 1 amide bonds. The zero-order valence-corrected chi connectivity index (χ0v) is 22.9. The van der Waals surface area contributed by atoms with Crippen molar-refractivity contribution in [2.75, 3.05) is 36.0 Å². The number of thiocarbonyl (C=S) groups is 1. The summed E-state index contributed by atoms with van der Waals surface area (Å²) in [4.78, 5) is 33.1. The van der Waals surface area contributed by atoms with E-state index in [2.05, 4.69) is 28.0 Å². The zero-order chi connectivity index (χ0) is 26.8. The second kappa shape index (κ2) is 10.9. The first kappa shape index (κ1) is 25.8. The molecule has 2 fully saturated rings. The molecule has 192 valence electrons. The highest BCUT2D eigenvalue weighted by Gasteiger charge is 2.33. The smallest absolute Gasteiger partial charge is 0.270 e. The monoisotopic (exact) mass is 541 g/mol. The Labute approximate surface area is 231 Å². The Morgan fingerprint density at radius 1 is 0.974 bits per heavy atom. The van der Waals surface area contributed by atoms with Crippen LogP contribution in [-0.2, 0) is 18.4 Å². The molecular formula is C29H27N5O2S2. The van der Waals surface area contributed by atoms with Crippen LogP contribution in [0, 0.1) is 18.3 Å². The number of nitriles is 1. The van der Waals surface area contributed by atoms with Crippen molar-refractivity contribution >= 4 is 51.8 Å². The van der Waals surface area contributed by atoms with Crippen molar-refractivity contribution in [3.8, 4) is 6.07 Å². The normalized spacial score (nSPS) is 16.9. The molecule has 0 radical (unpaired) electrons. The number of carbonyl (C=O) groups is 1. The van der Waals surface area contributed by atoms with E-state index in [1.54, 1.807) is 29.5 Å². The number of hydrogen-bond donors (Lipinski definition) is 0. The first-order valence-corrected chi connectivity index (χ1v) is 13.6. The molecule has 2 aliphatic heterocycles. The quantitative estimate of drug-likeness (QED) is 0.352. The molecule has 3 heterocycles. The Balaban J connectivity index is 1.50. The molecule has 9 heteroatoms. The maximum atomic E-state index is 13.4. The maximum absolute atomic E-state index is 13.4. The lowest BCUT2D eigenvalue weighted by atomic mass is 10.0. The lowest BCUT2D eigenvalue weighted by molar-refractivity contribution is -0.122. The first-order valence-electron chi connectivity index (χ1n) is 12.4. The van der Waals surface area contributed by atoms with E-state index in [9.17, 15) is 14.9 Å². The number of hydrogen-bond acceptors (Lipinski definition) is 7. The number of benzene rings is 2. The summed E-state index contributed by atoms with van der Waals surface area (Å²) in [5.74, 6) is 0.544. The predicted octanol–water partition coefficient (Wildman–Crippen LogP) is 4.29. The predicted molar refractivity (Wildman–Crippen MR) is 157 cm³/mol. The fraction of sp³-hybridized carbons (Fsp3) is 0.241. The first-order chi connectivity index (χ1) is 18.4. The number of amides is 1. The van der Waals surface area contributed by atoms with Gasteiger partial charge in [-0.05, 0) is 36.3 Å². The van der Waals surface area contributed by atoms with Crippen molar-refractivity contribution in [1.82, 2.24) is 9.47 Å². The van der Waals surface area contributed by atoms with Gasteiger partial charge in [0.1, 0.15) is 21.8 Å². The van der Waals surface area contributed by atoms with Crippen molar-refractivity contribution in [2.24, 2.45) is 7.05 Å². The van der Waals surface area contributed by atoms with Gasteiger partial charge in [-0.3, -0.25) is 19.1 Å². The number of nitrogens with zero attached hydrogens (tertiary/aromatic N) is 5. The minimum absolute atomic E-state index is 0.0881. The molecule has 0 N–H and O–H groups in total. The molecule has 1 aromatic heterocycles. The molecular weight excluding hydrogens is 514 g/mol. The average Bonchev–Trinajstić information content (AvgIpc) is 3.20. The fourth-order valence-corrected chi connectivity index (χ4v) is 6.18. The van der Waals surface area contributed by atoms with Gasteiger partial charge in [0.2, 0.25) is 0 Å². The Morgan fingerprint density at radius 2 is 1.58 bits per heavy atom. The van der Waals surface area contributed by atoms with Gasteiger partial charge in [-0.2, -0.15) is 5.26 Å². The molecule has 0 spiro atoms. The van der Waals surface area contributed by atoms with Crippen LogP contribution in [0.2, 0.25) is 0 Å². The summed E-state index contributed by atoms with van der Waals surface area (Å²) in [5.41, 5.74) is 3.19. The Hall–Kier alpha value is -3.87. The second-order valence-corrected chi connectivity index (χ2v) is 11.0. The van der Waals surface area contributed by atoms with Crippen molar-refractivity contribution in [3.63, 3.8) is 0 Å². The highest BCUT2D eigenvalue weighted by atomic mass is 32.2. The summed E-state index contributed by atoms with van der Waals surface area (Å²) < 4.78 is 2.03. The number of rotatable bonds is 5. The Bertz CT molecular complexity index is 1520. The molecule has 0 saturated carbocycles. The number of carbonyl (C=O) groups excluding carboxylic acids is 1. The van der Waals surface area contributed by atoms with E-state index < -0.39 is 0 Å². The molecule has 2 aromatic carbocycles. The average molecular weight is 542 g/mol. The zero-order valence-electron chi connectivity index (χ0n) is 21.3. The van der Waals surface area contributed by atoms with E-state index in [1.165, 1.54) is 17.4 Å². The summed E-state index contributed by atoms with van der Waals surface area (Å²) in [5, 5.41) is 9.77. The minimum Gasteiger partial charge on any atom is -0.368 e. The minimum atomic E-state index is -0.334.